The fourth-order valence-corrected chi connectivity index (χ4v) is 7.15. The van der Waals surface area contributed by atoms with E-state index in [9.17, 15) is 0 Å². The van der Waals surface area contributed by atoms with Crippen LogP contribution in [0.1, 0.15) is 25.0 Å². The molecule has 0 N–H and O–H groups in total. The lowest BCUT2D eigenvalue weighted by molar-refractivity contribution is 0.660. The molecule has 0 saturated heterocycles. The lowest BCUT2D eigenvalue weighted by Crippen LogP contribution is -2.14. The van der Waals surface area contributed by atoms with Gasteiger partial charge in [-0.15, -0.1) is 0 Å². The molecule has 212 valence electrons. The zero-order chi connectivity index (χ0) is 30.1. The van der Waals surface area contributed by atoms with Gasteiger partial charge >= 0.3 is 0 Å². The van der Waals surface area contributed by atoms with Crippen LogP contribution in [0, 0.1) is 0 Å². The van der Waals surface area contributed by atoms with Crippen molar-refractivity contribution < 1.29 is 0 Å². The van der Waals surface area contributed by atoms with Crippen LogP contribution in [0.3, 0.4) is 0 Å². The predicted molar refractivity (Wildman–Crippen MR) is 184 cm³/mol. The zero-order valence-electron chi connectivity index (χ0n) is 25.0. The smallest absolute Gasteiger partial charge is 0.0964 e. The molecule has 0 bridgehead atoms. The third kappa shape index (κ3) is 3.99. The normalized spacial score (nSPS) is 13.3. The number of hydrogen-bond acceptors (Lipinski definition) is 4. The number of benzene rings is 5. The van der Waals surface area contributed by atoms with E-state index < -0.39 is 0 Å². The Morgan fingerprint density at radius 2 is 1.22 bits per heavy atom. The molecule has 0 radical (unpaired) electrons. The van der Waals surface area contributed by atoms with E-state index in [1.165, 1.54) is 27.8 Å². The van der Waals surface area contributed by atoms with E-state index >= 15 is 0 Å². The molecule has 4 heteroatoms. The van der Waals surface area contributed by atoms with E-state index in [2.05, 4.69) is 132 Å². The number of aromatic nitrogens is 4. The Morgan fingerprint density at radius 1 is 0.467 bits per heavy atom. The second kappa shape index (κ2) is 9.63. The molecular formula is C41H28N4. The average Bonchev–Trinajstić information content (AvgIpc) is 3.33. The maximum Gasteiger partial charge on any atom is 0.0964 e. The molecule has 4 nitrogen and oxygen atoms in total. The Labute approximate surface area is 261 Å². The number of rotatable bonds is 3. The summed E-state index contributed by atoms with van der Waals surface area (Å²) in [4.78, 5) is 9.60. The van der Waals surface area contributed by atoms with Crippen LogP contribution in [-0.2, 0) is 5.41 Å². The van der Waals surface area contributed by atoms with Gasteiger partial charge in [-0.3, -0.25) is 9.97 Å². The molecule has 9 rings (SSSR count). The highest BCUT2D eigenvalue weighted by atomic mass is 15.1. The number of fused-ring (bicyclic) bond motifs is 7. The van der Waals surface area contributed by atoms with Gasteiger partial charge in [-0.25, -0.2) is 0 Å². The Hall–Kier alpha value is -5.74. The van der Waals surface area contributed by atoms with Crippen molar-refractivity contribution in [2.24, 2.45) is 0 Å². The maximum absolute atomic E-state index is 4.96. The van der Waals surface area contributed by atoms with E-state index in [1.54, 1.807) is 6.20 Å². The zero-order valence-corrected chi connectivity index (χ0v) is 25.0. The molecule has 0 atom stereocenters. The third-order valence-corrected chi connectivity index (χ3v) is 9.50. The number of hydrogen-bond donors (Lipinski definition) is 0. The van der Waals surface area contributed by atoms with E-state index in [4.69, 9.17) is 4.98 Å². The van der Waals surface area contributed by atoms with Crippen LogP contribution in [0.5, 0.6) is 0 Å². The topological polar surface area (TPSA) is 51.6 Å². The van der Waals surface area contributed by atoms with Crippen LogP contribution >= 0.6 is 0 Å². The predicted octanol–water partition coefficient (Wildman–Crippen LogP) is 10.0. The Bertz CT molecular complexity index is 2480. The van der Waals surface area contributed by atoms with Crippen molar-refractivity contribution in [1.82, 2.24) is 20.2 Å². The molecule has 1 aliphatic rings. The van der Waals surface area contributed by atoms with Crippen molar-refractivity contribution in [3.63, 3.8) is 0 Å². The summed E-state index contributed by atoms with van der Waals surface area (Å²) in [6.07, 6.45) is 5.56. The lowest BCUT2D eigenvalue weighted by Gasteiger charge is -2.21. The van der Waals surface area contributed by atoms with Crippen molar-refractivity contribution in [3.8, 4) is 44.5 Å². The van der Waals surface area contributed by atoms with Gasteiger partial charge in [0.2, 0.25) is 0 Å². The highest BCUT2D eigenvalue weighted by Gasteiger charge is 2.35. The summed E-state index contributed by atoms with van der Waals surface area (Å²) in [6, 6.07) is 41.5. The minimum absolute atomic E-state index is 0.0413. The van der Waals surface area contributed by atoms with Crippen LogP contribution in [0.2, 0.25) is 0 Å². The summed E-state index contributed by atoms with van der Waals surface area (Å²) >= 11 is 0. The Balaban J connectivity index is 1.26. The first-order chi connectivity index (χ1) is 22.0. The molecule has 0 spiro atoms. The second-order valence-corrected chi connectivity index (χ2v) is 12.4. The fourth-order valence-electron chi connectivity index (χ4n) is 7.15. The van der Waals surface area contributed by atoms with Gasteiger partial charge in [0.05, 0.1) is 22.7 Å². The van der Waals surface area contributed by atoms with E-state index in [0.717, 1.165) is 60.5 Å². The monoisotopic (exact) mass is 576 g/mol. The summed E-state index contributed by atoms with van der Waals surface area (Å²) in [5.41, 5.74) is 14.9. The molecule has 8 aromatic rings. The van der Waals surface area contributed by atoms with Crippen molar-refractivity contribution in [2.75, 3.05) is 0 Å². The summed E-state index contributed by atoms with van der Waals surface area (Å²) < 4.78 is 0. The van der Waals surface area contributed by atoms with Crippen LogP contribution < -0.4 is 0 Å². The SMILES string of the molecule is CC1(C)c2ccccc2-c2cc(-c3cc(-c4ccc5ccnnc5c4)ccc3-c3cnc4c(ccc5cccnc54)c3)ccc21. The Kier molecular flexibility index (Phi) is 5.51. The molecule has 0 saturated carbocycles. The van der Waals surface area contributed by atoms with Gasteiger partial charge < -0.3 is 0 Å². The minimum atomic E-state index is -0.0413. The van der Waals surface area contributed by atoms with Crippen LogP contribution in [0.4, 0.5) is 0 Å². The highest BCUT2D eigenvalue weighted by Crippen LogP contribution is 2.50. The van der Waals surface area contributed by atoms with Gasteiger partial charge in [-0.1, -0.05) is 92.7 Å². The van der Waals surface area contributed by atoms with Gasteiger partial charge in [0.15, 0.2) is 0 Å². The van der Waals surface area contributed by atoms with Crippen LogP contribution in [0.25, 0.3) is 77.2 Å². The molecule has 3 heterocycles. The molecular weight excluding hydrogens is 548 g/mol. The van der Waals surface area contributed by atoms with E-state index in [-0.39, 0.29) is 5.41 Å². The summed E-state index contributed by atoms with van der Waals surface area (Å²) in [7, 11) is 0. The molecule has 0 unspecified atom stereocenters. The van der Waals surface area contributed by atoms with Gasteiger partial charge in [0.1, 0.15) is 0 Å². The second-order valence-electron chi connectivity index (χ2n) is 12.4. The first-order valence-electron chi connectivity index (χ1n) is 15.3. The van der Waals surface area contributed by atoms with Crippen molar-refractivity contribution >= 4 is 32.7 Å². The summed E-state index contributed by atoms with van der Waals surface area (Å²) in [6.45, 7) is 4.65. The van der Waals surface area contributed by atoms with Gasteiger partial charge in [0.25, 0.3) is 0 Å². The van der Waals surface area contributed by atoms with Crippen LogP contribution in [-0.4, -0.2) is 20.2 Å². The number of nitrogens with zero attached hydrogens (tertiary/aromatic N) is 4. The minimum Gasteiger partial charge on any atom is -0.254 e. The summed E-state index contributed by atoms with van der Waals surface area (Å²) in [5.74, 6) is 0. The molecule has 0 aliphatic heterocycles. The molecule has 45 heavy (non-hydrogen) atoms. The maximum atomic E-state index is 4.96. The third-order valence-electron chi connectivity index (χ3n) is 9.50. The largest absolute Gasteiger partial charge is 0.254 e. The van der Waals surface area contributed by atoms with Gasteiger partial charge in [-0.05, 0) is 86.5 Å². The van der Waals surface area contributed by atoms with Crippen molar-refractivity contribution in [3.05, 3.63) is 145 Å². The van der Waals surface area contributed by atoms with E-state index in [1.807, 2.05) is 24.5 Å². The molecule has 5 aromatic carbocycles. The van der Waals surface area contributed by atoms with E-state index in [0.29, 0.717) is 0 Å². The average molecular weight is 577 g/mol. The molecule has 3 aromatic heterocycles. The van der Waals surface area contributed by atoms with Crippen molar-refractivity contribution in [2.45, 2.75) is 19.3 Å². The highest BCUT2D eigenvalue weighted by molar-refractivity contribution is 6.04. The first-order valence-corrected chi connectivity index (χ1v) is 15.3. The lowest BCUT2D eigenvalue weighted by atomic mass is 9.82. The standard InChI is InChI=1S/C41H28N4/c1-41(2)36-8-4-3-7-33(36)35-22-29(14-16-37(35)41)34-21-27(28-11-9-25-17-19-44-45-38(25)23-28)13-15-32(34)31-20-30-12-10-26-6-5-18-42-39(26)40(30)43-24-31/h3-24H,1-2H3. The fraction of sp³-hybridized carbons (Fsp3) is 0.0732. The molecule has 0 amide bonds. The van der Waals surface area contributed by atoms with Gasteiger partial charge in [-0.2, -0.15) is 10.2 Å². The quantitative estimate of drug-likeness (QED) is 0.196. The molecule has 1 aliphatic carbocycles. The summed E-state index contributed by atoms with van der Waals surface area (Å²) in [5, 5.41) is 11.7. The van der Waals surface area contributed by atoms with Crippen molar-refractivity contribution in [1.29, 1.82) is 0 Å². The number of pyridine rings is 2. The van der Waals surface area contributed by atoms with Crippen LogP contribution in [0.15, 0.2) is 134 Å². The first kappa shape index (κ1) is 25.7. The van der Waals surface area contributed by atoms with Gasteiger partial charge in [0, 0.05) is 39.5 Å². The molecule has 0 fully saturated rings. The Morgan fingerprint density at radius 3 is 2.18 bits per heavy atom.